The van der Waals surface area contributed by atoms with Gasteiger partial charge in [-0.25, -0.2) is 0 Å². The summed E-state index contributed by atoms with van der Waals surface area (Å²) < 4.78 is 2.03. The van der Waals surface area contributed by atoms with E-state index in [1.165, 1.54) is 22.9 Å². The maximum Gasteiger partial charge on any atom is 0.230 e. The second-order valence-electron chi connectivity index (χ2n) is 6.97. The molecule has 2 aromatic carbocycles. The smallest absolute Gasteiger partial charge is 0.230 e. The maximum absolute atomic E-state index is 12.1. The van der Waals surface area contributed by atoms with Crippen LogP contribution in [0.5, 0.6) is 0 Å². The molecule has 1 fully saturated rings. The molecule has 27 heavy (non-hydrogen) atoms. The highest BCUT2D eigenvalue weighted by Gasteiger charge is 2.24. The summed E-state index contributed by atoms with van der Waals surface area (Å²) in [6, 6.07) is 16.9. The van der Waals surface area contributed by atoms with Gasteiger partial charge >= 0.3 is 0 Å². The van der Waals surface area contributed by atoms with Gasteiger partial charge in [-0.1, -0.05) is 59.3 Å². The van der Waals surface area contributed by atoms with Gasteiger partial charge in [0.2, 0.25) is 5.91 Å². The lowest BCUT2D eigenvalue weighted by Gasteiger charge is -2.11. The molecule has 3 aromatic rings. The van der Waals surface area contributed by atoms with Gasteiger partial charge < -0.3 is 5.32 Å². The third-order valence-corrected chi connectivity index (χ3v) is 5.44. The largest absolute Gasteiger partial charge is 0.353 e. The van der Waals surface area contributed by atoms with E-state index in [0.717, 1.165) is 35.1 Å². The van der Waals surface area contributed by atoms with Crippen molar-refractivity contribution in [1.82, 2.24) is 20.1 Å². The average Bonchev–Trinajstić information content (AvgIpc) is 3.38. The lowest BCUT2D eigenvalue weighted by atomic mass is 10.1. The molecule has 1 aromatic heterocycles. The van der Waals surface area contributed by atoms with Gasteiger partial charge in [0.15, 0.2) is 11.0 Å². The lowest BCUT2D eigenvalue weighted by molar-refractivity contribution is -0.118. The van der Waals surface area contributed by atoms with E-state index in [-0.39, 0.29) is 5.91 Å². The highest BCUT2D eigenvalue weighted by Crippen LogP contribution is 2.28. The van der Waals surface area contributed by atoms with E-state index in [1.54, 1.807) is 0 Å². The Hall–Kier alpha value is -2.60. The molecular formula is C21H22N4OS. The Morgan fingerprint density at radius 3 is 2.30 bits per heavy atom. The predicted molar refractivity (Wildman–Crippen MR) is 108 cm³/mol. The molecule has 1 aliphatic rings. The number of thioether (sulfide) groups is 1. The summed E-state index contributed by atoms with van der Waals surface area (Å²) in [5.74, 6) is 1.18. The number of aryl methyl sites for hydroxylation is 2. The molecule has 0 bridgehead atoms. The van der Waals surface area contributed by atoms with Crippen molar-refractivity contribution in [3.8, 4) is 17.1 Å². The molecule has 0 unspecified atom stereocenters. The van der Waals surface area contributed by atoms with Crippen molar-refractivity contribution in [3.05, 3.63) is 59.7 Å². The van der Waals surface area contributed by atoms with Crippen LogP contribution in [0, 0.1) is 13.8 Å². The van der Waals surface area contributed by atoms with Gasteiger partial charge in [0.1, 0.15) is 0 Å². The molecule has 0 saturated heterocycles. The Balaban J connectivity index is 1.66. The fourth-order valence-electron chi connectivity index (χ4n) is 2.81. The monoisotopic (exact) mass is 378 g/mol. The molecule has 1 heterocycles. The summed E-state index contributed by atoms with van der Waals surface area (Å²) in [5.41, 5.74) is 4.39. The van der Waals surface area contributed by atoms with Crippen LogP contribution >= 0.6 is 11.8 Å². The van der Waals surface area contributed by atoms with Gasteiger partial charge in [0.25, 0.3) is 0 Å². The molecule has 1 N–H and O–H groups in total. The van der Waals surface area contributed by atoms with E-state index >= 15 is 0 Å². The van der Waals surface area contributed by atoms with E-state index in [2.05, 4.69) is 77.9 Å². The van der Waals surface area contributed by atoms with Crippen LogP contribution in [0.2, 0.25) is 0 Å². The minimum atomic E-state index is 0.0536. The van der Waals surface area contributed by atoms with Crippen molar-refractivity contribution in [3.63, 3.8) is 0 Å². The van der Waals surface area contributed by atoms with Crippen molar-refractivity contribution in [2.24, 2.45) is 0 Å². The molecule has 0 radical (unpaired) electrons. The molecule has 0 aliphatic heterocycles. The van der Waals surface area contributed by atoms with Gasteiger partial charge in [0.05, 0.1) is 5.75 Å². The number of rotatable bonds is 6. The normalized spacial score (nSPS) is 13.6. The lowest BCUT2D eigenvalue weighted by Crippen LogP contribution is -2.27. The van der Waals surface area contributed by atoms with Gasteiger partial charge in [0, 0.05) is 17.3 Å². The standard InChI is InChI=1S/C21H22N4OS/c1-14-3-7-16(8-4-14)20-23-24-21(27-13-19(26)22-17-9-10-17)25(20)18-11-5-15(2)6-12-18/h3-8,11-12,17H,9-10,13H2,1-2H3,(H,22,26). The predicted octanol–water partition coefficient (Wildman–Crippen LogP) is 3.92. The molecule has 0 spiro atoms. The second-order valence-corrected chi connectivity index (χ2v) is 7.92. The summed E-state index contributed by atoms with van der Waals surface area (Å²) in [5, 5.41) is 12.5. The van der Waals surface area contributed by atoms with Crippen LogP contribution < -0.4 is 5.32 Å². The SMILES string of the molecule is Cc1ccc(-c2nnc(SCC(=O)NC3CC3)n2-c2ccc(C)cc2)cc1. The number of nitrogens with one attached hydrogen (secondary N) is 1. The fraction of sp³-hybridized carbons (Fsp3) is 0.286. The molecule has 0 atom stereocenters. The van der Waals surface area contributed by atoms with Crippen molar-refractivity contribution >= 4 is 17.7 Å². The first kappa shape index (κ1) is 17.8. The first-order valence-corrected chi connectivity index (χ1v) is 10.1. The quantitative estimate of drug-likeness (QED) is 0.661. The molecule has 4 rings (SSSR count). The minimum absolute atomic E-state index is 0.0536. The average molecular weight is 379 g/mol. The highest BCUT2D eigenvalue weighted by molar-refractivity contribution is 7.99. The van der Waals surface area contributed by atoms with Gasteiger partial charge in [-0.2, -0.15) is 0 Å². The zero-order valence-electron chi connectivity index (χ0n) is 15.5. The number of amides is 1. The van der Waals surface area contributed by atoms with E-state index in [4.69, 9.17) is 0 Å². The Bertz CT molecular complexity index is 943. The third-order valence-electron chi connectivity index (χ3n) is 4.51. The first-order chi connectivity index (χ1) is 13.1. The third kappa shape index (κ3) is 4.22. The van der Waals surface area contributed by atoms with Gasteiger partial charge in [-0.3, -0.25) is 9.36 Å². The van der Waals surface area contributed by atoms with Crippen LogP contribution in [0.15, 0.2) is 53.7 Å². The zero-order valence-corrected chi connectivity index (χ0v) is 16.3. The van der Waals surface area contributed by atoms with Crippen LogP contribution in [0.3, 0.4) is 0 Å². The molecule has 1 amide bonds. The van der Waals surface area contributed by atoms with Crippen molar-refractivity contribution < 1.29 is 4.79 Å². The van der Waals surface area contributed by atoms with Crippen LogP contribution in [-0.2, 0) is 4.79 Å². The number of aromatic nitrogens is 3. The van der Waals surface area contributed by atoms with Crippen molar-refractivity contribution in [1.29, 1.82) is 0 Å². The maximum atomic E-state index is 12.1. The van der Waals surface area contributed by atoms with Crippen LogP contribution in [0.4, 0.5) is 0 Å². The van der Waals surface area contributed by atoms with Crippen molar-refractivity contribution in [2.75, 3.05) is 5.75 Å². The van der Waals surface area contributed by atoms with E-state index in [9.17, 15) is 4.79 Å². The number of carbonyl (C=O) groups is 1. The summed E-state index contributed by atoms with van der Waals surface area (Å²) in [4.78, 5) is 12.1. The van der Waals surface area contributed by atoms with E-state index in [1.807, 2.05) is 4.57 Å². The summed E-state index contributed by atoms with van der Waals surface area (Å²) in [6.45, 7) is 4.13. The molecule has 1 aliphatic carbocycles. The van der Waals surface area contributed by atoms with E-state index < -0.39 is 0 Å². The number of benzene rings is 2. The Morgan fingerprint density at radius 1 is 1.04 bits per heavy atom. The van der Waals surface area contributed by atoms with Crippen molar-refractivity contribution in [2.45, 2.75) is 37.9 Å². The summed E-state index contributed by atoms with van der Waals surface area (Å²) >= 11 is 1.42. The zero-order chi connectivity index (χ0) is 18.8. The second kappa shape index (κ2) is 7.56. The topological polar surface area (TPSA) is 59.8 Å². The molecule has 1 saturated carbocycles. The highest BCUT2D eigenvalue weighted by atomic mass is 32.2. The molecule has 138 valence electrons. The van der Waals surface area contributed by atoms with Gasteiger partial charge in [-0.05, 0) is 38.8 Å². The summed E-state index contributed by atoms with van der Waals surface area (Å²) in [6.07, 6.45) is 2.18. The van der Waals surface area contributed by atoms with Crippen LogP contribution in [0.25, 0.3) is 17.1 Å². The number of carbonyl (C=O) groups excluding carboxylic acids is 1. The first-order valence-electron chi connectivity index (χ1n) is 9.12. The Morgan fingerprint density at radius 2 is 1.67 bits per heavy atom. The molecule has 6 heteroatoms. The van der Waals surface area contributed by atoms with E-state index in [0.29, 0.717) is 11.8 Å². The van der Waals surface area contributed by atoms with Crippen LogP contribution in [0.1, 0.15) is 24.0 Å². The fourth-order valence-corrected chi connectivity index (χ4v) is 3.57. The number of nitrogens with zero attached hydrogens (tertiary/aromatic N) is 3. The number of hydrogen-bond donors (Lipinski definition) is 1. The minimum Gasteiger partial charge on any atom is -0.353 e. The molecular weight excluding hydrogens is 356 g/mol. The summed E-state index contributed by atoms with van der Waals surface area (Å²) in [7, 11) is 0. The Labute approximate surface area is 163 Å². The number of hydrogen-bond acceptors (Lipinski definition) is 4. The van der Waals surface area contributed by atoms with Gasteiger partial charge in [-0.15, -0.1) is 10.2 Å². The van der Waals surface area contributed by atoms with Crippen LogP contribution in [-0.4, -0.2) is 32.5 Å². The Kier molecular flexibility index (Phi) is 4.99. The molecule has 5 nitrogen and oxygen atoms in total.